The van der Waals surface area contributed by atoms with Crippen molar-refractivity contribution in [2.75, 3.05) is 0 Å². The van der Waals surface area contributed by atoms with E-state index in [4.69, 9.17) is 28.2 Å². The first-order valence-electron chi connectivity index (χ1n) is 7.35. The molecule has 0 spiro atoms. The molecule has 5 heteroatoms. The van der Waals surface area contributed by atoms with Crippen LogP contribution in [-0.2, 0) is 11.8 Å². The number of phenolic OH excluding ortho intramolecular Hbond substituents is 1. The Balaban J connectivity index is 2.12. The van der Waals surface area contributed by atoms with E-state index in [1.165, 1.54) is 0 Å². The quantitative estimate of drug-likeness (QED) is 0.540. The number of para-hydroxylation sites is 1. The second-order valence-corrected chi connectivity index (χ2v) is 9.58. The molecule has 0 saturated carbocycles. The highest BCUT2D eigenvalue weighted by Gasteiger charge is 2.20. The largest absolute Gasteiger partial charge is 0.506 e. The van der Waals surface area contributed by atoms with Crippen LogP contribution in [0.4, 0.5) is 0 Å². The number of halogens is 1. The average molecular weight is 372 g/mol. The van der Waals surface area contributed by atoms with E-state index in [0.29, 0.717) is 10.6 Å². The third-order valence-electron chi connectivity index (χ3n) is 3.59. The Morgan fingerprint density at radius 1 is 0.833 bits per heavy atom. The van der Waals surface area contributed by atoms with E-state index in [2.05, 4.69) is 0 Å². The van der Waals surface area contributed by atoms with Gasteiger partial charge in [-0.2, -0.15) is 0 Å². The van der Waals surface area contributed by atoms with Crippen LogP contribution in [0.25, 0.3) is 0 Å². The average Bonchev–Trinajstić information content (AvgIpc) is 2.64. The van der Waals surface area contributed by atoms with Crippen molar-refractivity contribution in [3.63, 3.8) is 0 Å². The molecule has 120 valence electrons. The van der Waals surface area contributed by atoms with E-state index in [9.17, 15) is 5.11 Å². The minimum Gasteiger partial charge on any atom is -0.506 e. The number of rotatable bonds is 4. The van der Waals surface area contributed by atoms with Crippen molar-refractivity contribution >= 4 is 46.4 Å². The van der Waals surface area contributed by atoms with Crippen LogP contribution in [0.5, 0.6) is 5.75 Å². The van der Waals surface area contributed by atoms with Crippen LogP contribution in [0.15, 0.2) is 83.6 Å². The fraction of sp³-hybridized carbons (Fsp3) is 0. The van der Waals surface area contributed by atoms with E-state index in [-0.39, 0.29) is 5.75 Å². The summed E-state index contributed by atoms with van der Waals surface area (Å²) in [7, 11) is 0. The van der Waals surface area contributed by atoms with Gasteiger partial charge in [0.05, 0.1) is 5.02 Å². The van der Waals surface area contributed by atoms with Gasteiger partial charge in [-0.15, -0.1) is 0 Å². The Hall–Kier alpha value is -1.93. The minimum absolute atomic E-state index is 0.0191. The number of benzene rings is 3. The molecule has 0 aliphatic heterocycles. The fourth-order valence-corrected chi connectivity index (χ4v) is 5.38. The first-order valence-corrected chi connectivity index (χ1v) is 10.5. The van der Waals surface area contributed by atoms with Gasteiger partial charge in [-0.25, -0.2) is 0 Å². The van der Waals surface area contributed by atoms with Crippen molar-refractivity contribution in [1.82, 2.24) is 0 Å². The van der Waals surface area contributed by atoms with Gasteiger partial charge in [0.2, 0.25) is 0 Å². The van der Waals surface area contributed by atoms with Crippen LogP contribution in [0.2, 0.25) is 5.02 Å². The van der Waals surface area contributed by atoms with Crippen molar-refractivity contribution in [1.29, 1.82) is 0 Å². The summed E-state index contributed by atoms with van der Waals surface area (Å²) >= 11 is 12.0. The summed E-state index contributed by atoms with van der Waals surface area (Å²) in [5.74, 6) is 0.0191. The lowest BCUT2D eigenvalue weighted by Crippen LogP contribution is -2.14. The Bertz CT molecular complexity index is 870. The van der Waals surface area contributed by atoms with Crippen molar-refractivity contribution in [2.24, 2.45) is 4.76 Å². The van der Waals surface area contributed by atoms with Crippen LogP contribution >= 0.6 is 17.8 Å². The van der Waals surface area contributed by atoms with Gasteiger partial charge in [0, 0.05) is 22.4 Å². The van der Waals surface area contributed by atoms with Crippen LogP contribution in [0, 0.1) is 0 Å². The van der Waals surface area contributed by atoms with Crippen molar-refractivity contribution in [2.45, 2.75) is 0 Å². The van der Waals surface area contributed by atoms with Crippen LogP contribution < -0.4 is 10.6 Å². The molecule has 3 rings (SSSR count). The monoisotopic (exact) mass is 371 g/mol. The Morgan fingerprint density at radius 2 is 1.38 bits per heavy atom. The van der Waals surface area contributed by atoms with Gasteiger partial charge >= 0.3 is 0 Å². The maximum Gasteiger partial charge on any atom is 0.142 e. The fourth-order valence-electron chi connectivity index (χ4n) is 2.32. The van der Waals surface area contributed by atoms with Gasteiger partial charge in [0.25, 0.3) is 0 Å². The molecule has 0 heterocycles. The zero-order valence-electron chi connectivity index (χ0n) is 12.7. The van der Waals surface area contributed by atoms with E-state index < -0.39 is 6.19 Å². The second-order valence-electron chi connectivity index (χ2n) is 5.17. The maximum absolute atomic E-state index is 10.1. The molecule has 24 heavy (non-hydrogen) atoms. The topological polar surface area (TPSA) is 32.6 Å². The van der Waals surface area contributed by atoms with Gasteiger partial charge in [-0.3, -0.25) is 4.76 Å². The number of hydrogen-bond donors (Lipinski definition) is 1. The summed E-state index contributed by atoms with van der Waals surface area (Å²) in [6.45, 7) is 0. The zero-order valence-corrected chi connectivity index (χ0v) is 15.2. The van der Waals surface area contributed by atoms with Crippen LogP contribution in [0.1, 0.15) is 5.56 Å². The number of hydrogen-bond acceptors (Lipinski definition) is 2. The van der Waals surface area contributed by atoms with Crippen LogP contribution in [-0.4, -0.2) is 11.3 Å². The first kappa shape index (κ1) is 16.9. The lowest BCUT2D eigenvalue weighted by Gasteiger charge is -2.18. The second kappa shape index (κ2) is 7.31. The molecule has 3 aromatic carbocycles. The normalized spacial score (nSPS) is 11.7. The Kier molecular flexibility index (Phi) is 5.15. The number of nitrogens with zero attached hydrogens (tertiary/aromatic N) is 1. The third kappa shape index (κ3) is 3.44. The molecule has 3 aromatic rings. The Labute approximate surface area is 151 Å². The third-order valence-corrected chi connectivity index (χ3v) is 7.88. The highest BCUT2D eigenvalue weighted by atomic mass is 35.5. The highest BCUT2D eigenvalue weighted by Crippen LogP contribution is 2.45. The van der Waals surface area contributed by atoms with E-state index in [1.807, 2.05) is 60.7 Å². The van der Waals surface area contributed by atoms with Crippen molar-refractivity contribution in [3.05, 3.63) is 89.4 Å². The first-order chi connectivity index (χ1) is 11.6. The lowest BCUT2D eigenvalue weighted by atomic mass is 10.2. The Morgan fingerprint density at radius 3 is 1.92 bits per heavy atom. The predicted molar refractivity (Wildman–Crippen MR) is 107 cm³/mol. The van der Waals surface area contributed by atoms with E-state index in [0.717, 1.165) is 10.6 Å². The molecule has 2 nitrogen and oxygen atoms in total. The summed E-state index contributed by atoms with van der Waals surface area (Å²) in [4.78, 5) is 0. The molecule has 0 fully saturated rings. The number of phenols is 1. The summed E-state index contributed by atoms with van der Waals surface area (Å²) in [5.41, 5.74) is 0.559. The molecule has 0 unspecified atom stereocenters. The summed E-state index contributed by atoms with van der Waals surface area (Å²) < 4.78 is 4.75. The molecule has 0 radical (unpaired) electrons. The molecule has 0 aliphatic rings. The maximum atomic E-state index is 10.1. The summed E-state index contributed by atoms with van der Waals surface area (Å²) in [6, 6.07) is 25.0. The van der Waals surface area contributed by atoms with Crippen molar-refractivity contribution < 1.29 is 5.11 Å². The smallest absolute Gasteiger partial charge is 0.142 e. The van der Waals surface area contributed by atoms with E-state index >= 15 is 0 Å². The van der Waals surface area contributed by atoms with Gasteiger partial charge in [0.1, 0.15) is 11.9 Å². The predicted octanol–water partition coefficient (Wildman–Crippen LogP) is 4.51. The zero-order chi connectivity index (χ0) is 17.0. The molecule has 0 bridgehead atoms. The van der Waals surface area contributed by atoms with Crippen molar-refractivity contribution in [3.8, 4) is 5.75 Å². The van der Waals surface area contributed by atoms with Gasteiger partial charge in [-0.1, -0.05) is 90.1 Å². The van der Waals surface area contributed by atoms with Crippen LogP contribution in [0.3, 0.4) is 0 Å². The SMILES string of the molecule is Oc1c(Cl)cccc1/C=N/P(=S)(c1ccccc1)c1ccccc1. The number of aromatic hydroxyl groups is 1. The standard InChI is InChI=1S/C19H15ClNOPS/c20-18-13-7-8-15(19(18)22)14-21-23(24,16-9-3-1-4-10-16)17-11-5-2-6-12-17/h1-14,22H/b21-14+. The van der Waals surface area contributed by atoms with E-state index in [1.54, 1.807) is 24.4 Å². The molecule has 0 saturated heterocycles. The van der Waals surface area contributed by atoms with Gasteiger partial charge < -0.3 is 5.11 Å². The van der Waals surface area contributed by atoms with Gasteiger partial charge in [0.15, 0.2) is 0 Å². The molecule has 0 aromatic heterocycles. The minimum atomic E-state index is -2.38. The molecular formula is C19H15ClNOPS. The highest BCUT2D eigenvalue weighted by molar-refractivity contribution is 8.21. The molecule has 0 amide bonds. The molecular weight excluding hydrogens is 357 g/mol. The lowest BCUT2D eigenvalue weighted by molar-refractivity contribution is 0.475. The molecule has 1 N–H and O–H groups in total. The summed E-state index contributed by atoms with van der Waals surface area (Å²) in [6.07, 6.45) is -0.749. The summed E-state index contributed by atoms with van der Waals surface area (Å²) in [5, 5.41) is 12.4. The molecule has 0 atom stereocenters. The van der Waals surface area contributed by atoms with Gasteiger partial charge in [-0.05, 0) is 12.1 Å². The molecule has 0 aliphatic carbocycles.